The van der Waals surface area contributed by atoms with Gasteiger partial charge in [0, 0.05) is 29.3 Å². The number of thiazole rings is 1. The zero-order valence-electron chi connectivity index (χ0n) is 13.6. The van der Waals surface area contributed by atoms with Crippen LogP contribution in [0.25, 0.3) is 10.9 Å². The number of hydrogen-bond acceptors (Lipinski definition) is 5. The molecule has 4 rings (SSSR count). The number of rotatable bonds is 5. The monoisotopic (exact) mass is 357 g/mol. The van der Waals surface area contributed by atoms with E-state index in [0.29, 0.717) is 25.4 Å². The van der Waals surface area contributed by atoms with Gasteiger partial charge in [-0.3, -0.25) is 4.79 Å². The maximum absolute atomic E-state index is 12.6. The second-order valence-corrected chi connectivity index (χ2v) is 6.77. The van der Waals surface area contributed by atoms with Gasteiger partial charge in [0.15, 0.2) is 0 Å². The fraction of sp³-hybridized carbons (Fsp3) is 0.333. The van der Waals surface area contributed by atoms with Gasteiger partial charge in [0.25, 0.3) is 5.91 Å². The highest BCUT2D eigenvalue weighted by atomic mass is 32.1. The molecule has 2 atom stereocenters. The lowest BCUT2D eigenvalue weighted by Crippen LogP contribution is -2.49. The number of aromatic nitrogens is 2. The minimum Gasteiger partial charge on any atom is -0.379 e. The first kappa shape index (κ1) is 16.3. The van der Waals surface area contributed by atoms with E-state index in [2.05, 4.69) is 15.3 Å². The molecule has 1 amide bonds. The second kappa shape index (κ2) is 7.35. The Kier molecular flexibility index (Phi) is 4.78. The van der Waals surface area contributed by atoms with Gasteiger partial charge < -0.3 is 19.8 Å². The highest BCUT2D eigenvalue weighted by Crippen LogP contribution is 2.17. The van der Waals surface area contributed by atoms with E-state index in [4.69, 9.17) is 9.47 Å². The Balaban J connectivity index is 1.42. The minimum atomic E-state index is -0.173. The molecule has 1 fully saturated rings. The van der Waals surface area contributed by atoms with Crippen LogP contribution in [0.5, 0.6) is 0 Å². The van der Waals surface area contributed by atoms with Gasteiger partial charge in [-0.25, -0.2) is 4.98 Å². The van der Waals surface area contributed by atoms with Gasteiger partial charge in [0.1, 0.15) is 6.10 Å². The summed E-state index contributed by atoms with van der Waals surface area (Å²) in [7, 11) is 0. The van der Waals surface area contributed by atoms with Gasteiger partial charge in [-0.1, -0.05) is 6.07 Å². The molecule has 1 aliphatic rings. The molecule has 0 radical (unpaired) electrons. The topological polar surface area (TPSA) is 76.2 Å². The Morgan fingerprint density at radius 3 is 3.28 bits per heavy atom. The molecule has 1 aliphatic heterocycles. The first-order valence-corrected chi connectivity index (χ1v) is 9.18. The highest BCUT2D eigenvalue weighted by Gasteiger charge is 2.28. The fourth-order valence-corrected chi connectivity index (χ4v) is 3.53. The van der Waals surface area contributed by atoms with E-state index in [0.717, 1.165) is 23.0 Å². The van der Waals surface area contributed by atoms with Gasteiger partial charge in [0.05, 0.1) is 30.5 Å². The third-order valence-electron chi connectivity index (χ3n) is 4.37. The van der Waals surface area contributed by atoms with E-state index in [1.54, 1.807) is 16.8 Å². The normalized spacial score (nSPS) is 20.6. The van der Waals surface area contributed by atoms with Gasteiger partial charge in [0.2, 0.25) is 0 Å². The highest BCUT2D eigenvalue weighted by molar-refractivity contribution is 7.07. The standard InChI is InChI=1S/C18H19N3O3S/c22-18(13-2-1-12-3-5-19-16(12)7-13)21-15-4-6-23-9-17(15)24-8-14-10-25-11-20-14/h1-3,5,7,10-11,15,17,19H,4,6,8-9H2,(H,21,22)/t15-,17-/m1/s1. The number of H-pyrrole nitrogens is 1. The number of nitrogens with zero attached hydrogens (tertiary/aromatic N) is 1. The van der Waals surface area contributed by atoms with Crippen molar-refractivity contribution in [3.63, 3.8) is 0 Å². The van der Waals surface area contributed by atoms with Crippen molar-refractivity contribution in [1.29, 1.82) is 0 Å². The molecule has 0 spiro atoms. The van der Waals surface area contributed by atoms with Crippen molar-refractivity contribution >= 4 is 28.1 Å². The summed E-state index contributed by atoms with van der Waals surface area (Å²) in [5.41, 5.74) is 4.28. The molecule has 1 aromatic carbocycles. The summed E-state index contributed by atoms with van der Waals surface area (Å²) in [6.45, 7) is 1.53. The van der Waals surface area contributed by atoms with Crippen molar-refractivity contribution in [2.24, 2.45) is 0 Å². The first-order valence-electron chi connectivity index (χ1n) is 8.24. The molecule has 3 heterocycles. The lowest BCUT2D eigenvalue weighted by atomic mass is 10.0. The summed E-state index contributed by atoms with van der Waals surface area (Å²) in [5.74, 6) is -0.0920. The SMILES string of the molecule is O=C(N[C@@H]1CCOC[C@H]1OCc1cscn1)c1ccc2cc[nH]c2c1. The molecular weight excluding hydrogens is 338 g/mol. The van der Waals surface area contributed by atoms with Crippen molar-refractivity contribution in [1.82, 2.24) is 15.3 Å². The fourth-order valence-electron chi connectivity index (χ4n) is 2.98. The van der Waals surface area contributed by atoms with Crippen LogP contribution in [-0.4, -0.2) is 41.2 Å². The van der Waals surface area contributed by atoms with Gasteiger partial charge in [-0.05, 0) is 30.0 Å². The molecule has 2 aromatic heterocycles. The third-order valence-corrected chi connectivity index (χ3v) is 5.00. The lowest BCUT2D eigenvalue weighted by molar-refractivity contribution is -0.0742. The maximum atomic E-state index is 12.6. The Morgan fingerprint density at radius 1 is 1.44 bits per heavy atom. The number of ether oxygens (including phenoxy) is 2. The van der Waals surface area contributed by atoms with Crippen molar-refractivity contribution in [3.8, 4) is 0 Å². The number of benzene rings is 1. The summed E-state index contributed by atoms with van der Waals surface area (Å²) in [6, 6.07) is 7.57. The molecule has 25 heavy (non-hydrogen) atoms. The van der Waals surface area contributed by atoms with E-state index >= 15 is 0 Å². The molecule has 3 aromatic rings. The Morgan fingerprint density at radius 2 is 2.40 bits per heavy atom. The van der Waals surface area contributed by atoms with Gasteiger partial charge in [-0.2, -0.15) is 0 Å². The number of hydrogen-bond donors (Lipinski definition) is 2. The van der Waals surface area contributed by atoms with Crippen LogP contribution >= 0.6 is 11.3 Å². The van der Waals surface area contributed by atoms with E-state index in [1.807, 2.05) is 35.8 Å². The van der Waals surface area contributed by atoms with E-state index in [1.165, 1.54) is 0 Å². The van der Waals surface area contributed by atoms with Gasteiger partial charge in [-0.15, -0.1) is 11.3 Å². The number of aromatic amines is 1. The van der Waals surface area contributed by atoms with Crippen molar-refractivity contribution in [2.45, 2.75) is 25.2 Å². The average Bonchev–Trinajstić information content (AvgIpc) is 3.31. The van der Waals surface area contributed by atoms with E-state index < -0.39 is 0 Å². The number of carbonyl (C=O) groups excluding carboxylic acids is 1. The van der Waals surface area contributed by atoms with Crippen molar-refractivity contribution < 1.29 is 14.3 Å². The summed E-state index contributed by atoms with van der Waals surface area (Å²) < 4.78 is 11.5. The molecule has 130 valence electrons. The number of nitrogens with one attached hydrogen (secondary N) is 2. The maximum Gasteiger partial charge on any atom is 0.251 e. The third kappa shape index (κ3) is 3.73. The quantitative estimate of drug-likeness (QED) is 0.736. The van der Waals surface area contributed by atoms with Crippen LogP contribution < -0.4 is 5.32 Å². The molecule has 0 aliphatic carbocycles. The zero-order valence-corrected chi connectivity index (χ0v) is 14.4. The molecule has 0 saturated carbocycles. The molecule has 0 bridgehead atoms. The molecule has 7 heteroatoms. The number of carbonyl (C=O) groups is 1. The number of amides is 1. The number of fused-ring (bicyclic) bond motifs is 1. The summed E-state index contributed by atoms with van der Waals surface area (Å²) in [6.07, 6.45) is 2.43. The summed E-state index contributed by atoms with van der Waals surface area (Å²) in [4.78, 5) is 20.0. The van der Waals surface area contributed by atoms with Crippen LogP contribution in [-0.2, 0) is 16.1 Å². The first-order chi connectivity index (χ1) is 12.3. The average molecular weight is 357 g/mol. The van der Waals surface area contributed by atoms with E-state index in [-0.39, 0.29) is 18.1 Å². The summed E-state index contributed by atoms with van der Waals surface area (Å²) in [5, 5.41) is 6.15. The van der Waals surface area contributed by atoms with Crippen LogP contribution in [0, 0.1) is 0 Å². The predicted molar refractivity (Wildman–Crippen MR) is 95.7 cm³/mol. The summed E-state index contributed by atoms with van der Waals surface area (Å²) >= 11 is 1.54. The Bertz CT molecular complexity index is 846. The smallest absolute Gasteiger partial charge is 0.251 e. The van der Waals surface area contributed by atoms with Crippen LogP contribution in [0.2, 0.25) is 0 Å². The largest absolute Gasteiger partial charge is 0.379 e. The molecule has 2 N–H and O–H groups in total. The van der Waals surface area contributed by atoms with Crippen LogP contribution in [0.1, 0.15) is 22.5 Å². The van der Waals surface area contributed by atoms with Crippen molar-refractivity contribution in [3.05, 3.63) is 52.6 Å². The molecule has 6 nitrogen and oxygen atoms in total. The Labute approximate surface area is 149 Å². The van der Waals surface area contributed by atoms with Gasteiger partial charge >= 0.3 is 0 Å². The zero-order chi connectivity index (χ0) is 17.1. The molecule has 1 saturated heterocycles. The molecular formula is C18H19N3O3S. The van der Waals surface area contributed by atoms with E-state index in [9.17, 15) is 4.79 Å². The minimum absolute atomic E-state index is 0.0702. The molecule has 0 unspecified atom stereocenters. The van der Waals surface area contributed by atoms with Crippen LogP contribution in [0.15, 0.2) is 41.4 Å². The lowest BCUT2D eigenvalue weighted by Gasteiger charge is -2.32. The van der Waals surface area contributed by atoms with Crippen LogP contribution in [0.3, 0.4) is 0 Å². The van der Waals surface area contributed by atoms with Crippen LogP contribution in [0.4, 0.5) is 0 Å². The predicted octanol–water partition coefficient (Wildman–Crippen LogP) is 2.73. The Hall–Kier alpha value is -2.22. The van der Waals surface area contributed by atoms with Crippen molar-refractivity contribution in [2.75, 3.05) is 13.2 Å². The second-order valence-electron chi connectivity index (χ2n) is 6.05.